The Morgan fingerprint density at radius 1 is 1.32 bits per heavy atom. The number of unbranched alkanes of at least 4 members (excludes halogenated alkanes) is 1. The zero-order valence-electron chi connectivity index (χ0n) is 22.1. The Morgan fingerprint density at radius 2 is 2.18 bits per heavy atom. The maximum atomic E-state index is 13.4. The highest BCUT2D eigenvalue weighted by molar-refractivity contribution is 7.18. The number of halogens is 1. The van der Waals surface area contributed by atoms with E-state index in [4.69, 9.17) is 9.72 Å². The molecule has 3 aromatic rings. The fourth-order valence-corrected chi connectivity index (χ4v) is 5.59. The summed E-state index contributed by atoms with van der Waals surface area (Å²) in [6.45, 7) is 3.98. The average molecular weight is 545 g/mol. The number of fused-ring (bicyclic) bond motifs is 2. The van der Waals surface area contributed by atoms with Crippen LogP contribution in [0.3, 0.4) is 0 Å². The minimum atomic E-state index is -0.954. The molecule has 9 nitrogen and oxygen atoms in total. The van der Waals surface area contributed by atoms with Crippen molar-refractivity contribution in [3.63, 3.8) is 0 Å². The van der Waals surface area contributed by atoms with Gasteiger partial charge in [0.1, 0.15) is 35.5 Å². The first kappa shape index (κ1) is 28.1. The highest BCUT2D eigenvalue weighted by Crippen LogP contribution is 2.28. The van der Waals surface area contributed by atoms with Gasteiger partial charge in [-0.2, -0.15) is 0 Å². The second-order valence-corrected chi connectivity index (χ2v) is 11.0. The summed E-state index contributed by atoms with van der Waals surface area (Å²) in [7, 11) is 1.50. The molecule has 0 bridgehead atoms. The fourth-order valence-electron chi connectivity index (χ4n) is 4.74. The summed E-state index contributed by atoms with van der Waals surface area (Å²) >= 11 is 1.54. The first-order chi connectivity index (χ1) is 18.5. The third kappa shape index (κ3) is 7.58. The molecule has 3 N–H and O–H groups in total. The third-order valence-corrected chi connectivity index (χ3v) is 7.83. The Kier molecular flexibility index (Phi) is 10.2. The number of nitrogens with zero attached hydrogens (tertiary/aromatic N) is 4. The van der Waals surface area contributed by atoms with E-state index < -0.39 is 24.8 Å². The number of alkyl halides is 1. The van der Waals surface area contributed by atoms with Crippen molar-refractivity contribution in [3.05, 3.63) is 40.7 Å². The van der Waals surface area contributed by atoms with Crippen LogP contribution in [0.25, 0.3) is 10.2 Å². The van der Waals surface area contributed by atoms with Gasteiger partial charge in [0.2, 0.25) is 0 Å². The van der Waals surface area contributed by atoms with E-state index in [0.717, 1.165) is 71.8 Å². The van der Waals surface area contributed by atoms with Crippen LogP contribution in [0.4, 0.5) is 16.0 Å². The van der Waals surface area contributed by atoms with E-state index in [2.05, 4.69) is 37.6 Å². The van der Waals surface area contributed by atoms with Crippen molar-refractivity contribution in [3.8, 4) is 0 Å². The normalized spacial score (nSPS) is 14.7. The molecule has 0 radical (unpaired) electrons. The lowest BCUT2D eigenvalue weighted by atomic mass is 10.1. The number of aliphatic carboxylic acids is 1. The van der Waals surface area contributed by atoms with E-state index in [-0.39, 0.29) is 0 Å². The van der Waals surface area contributed by atoms with Crippen LogP contribution in [-0.4, -0.2) is 83.0 Å². The Hall–Kier alpha value is -2.89. The predicted octanol–water partition coefficient (Wildman–Crippen LogP) is 4.32. The summed E-state index contributed by atoms with van der Waals surface area (Å²) in [5.41, 5.74) is 2.35. The zero-order valence-corrected chi connectivity index (χ0v) is 22.9. The van der Waals surface area contributed by atoms with Gasteiger partial charge in [0.05, 0.1) is 11.5 Å². The molecule has 3 aromatic heterocycles. The van der Waals surface area contributed by atoms with Crippen LogP contribution in [0.1, 0.15) is 41.8 Å². The number of aryl methyl sites for hydroxylation is 3. The Morgan fingerprint density at radius 3 is 2.97 bits per heavy atom. The number of hydrogen-bond acceptors (Lipinski definition) is 9. The summed E-state index contributed by atoms with van der Waals surface area (Å²) in [5, 5.41) is 17.2. The third-order valence-electron chi connectivity index (χ3n) is 6.87. The van der Waals surface area contributed by atoms with Gasteiger partial charge in [-0.1, -0.05) is 6.07 Å². The summed E-state index contributed by atoms with van der Waals surface area (Å²) < 4.78 is 18.7. The van der Waals surface area contributed by atoms with Gasteiger partial charge in [-0.3, -0.25) is 0 Å². The quantitative estimate of drug-likeness (QED) is 0.241. The zero-order chi connectivity index (χ0) is 26.9. The van der Waals surface area contributed by atoms with Gasteiger partial charge in [-0.15, -0.1) is 11.3 Å². The predicted molar refractivity (Wildman–Crippen MR) is 149 cm³/mol. The second kappa shape index (κ2) is 13.8. The maximum Gasteiger partial charge on any atom is 0.326 e. The van der Waals surface area contributed by atoms with Crippen LogP contribution >= 0.6 is 11.3 Å². The maximum absolute atomic E-state index is 13.4. The number of nitrogens with one attached hydrogen (secondary N) is 2. The number of ether oxygens (including phenoxy) is 1. The first-order valence-electron chi connectivity index (χ1n) is 13.2. The van der Waals surface area contributed by atoms with Gasteiger partial charge in [-0.25, -0.2) is 24.1 Å². The molecule has 0 spiro atoms. The Balaban J connectivity index is 1.33. The van der Waals surface area contributed by atoms with Gasteiger partial charge in [0.25, 0.3) is 0 Å². The summed E-state index contributed by atoms with van der Waals surface area (Å²) in [6, 6.07) is 5.40. The molecule has 0 saturated heterocycles. The number of hydrogen-bond donors (Lipinski definition) is 3. The molecule has 1 aliphatic heterocycles. The molecule has 2 unspecified atom stereocenters. The first-order valence-corrected chi connectivity index (χ1v) is 14.0. The molecule has 0 fully saturated rings. The van der Waals surface area contributed by atoms with Gasteiger partial charge >= 0.3 is 5.97 Å². The van der Waals surface area contributed by atoms with E-state index in [1.54, 1.807) is 11.3 Å². The number of thiophene rings is 1. The van der Waals surface area contributed by atoms with Gasteiger partial charge in [0, 0.05) is 37.3 Å². The second-order valence-electron chi connectivity index (χ2n) is 9.73. The monoisotopic (exact) mass is 544 g/mol. The summed E-state index contributed by atoms with van der Waals surface area (Å²) in [5.74, 6) is 0.570. The number of rotatable bonds is 15. The van der Waals surface area contributed by atoms with Gasteiger partial charge in [0.15, 0.2) is 0 Å². The molecule has 38 heavy (non-hydrogen) atoms. The van der Waals surface area contributed by atoms with Crippen LogP contribution in [-0.2, 0) is 22.4 Å². The van der Waals surface area contributed by atoms with Crippen LogP contribution in [0.15, 0.2) is 24.5 Å². The minimum absolute atomic E-state index is 0.338. The molecule has 11 heteroatoms. The summed E-state index contributed by atoms with van der Waals surface area (Å²) in [4.78, 5) is 29.4. The van der Waals surface area contributed by atoms with Crippen LogP contribution in [0, 0.1) is 6.92 Å². The number of methoxy groups -OCH3 is 1. The van der Waals surface area contributed by atoms with Crippen LogP contribution in [0.2, 0.25) is 0 Å². The van der Waals surface area contributed by atoms with Crippen molar-refractivity contribution in [1.82, 2.24) is 19.9 Å². The fraction of sp³-hybridized carbons (Fsp3) is 0.556. The van der Waals surface area contributed by atoms with Crippen molar-refractivity contribution < 1.29 is 19.0 Å². The highest BCUT2D eigenvalue weighted by Gasteiger charge is 2.22. The molecule has 206 valence electrons. The van der Waals surface area contributed by atoms with E-state index >= 15 is 0 Å². The summed E-state index contributed by atoms with van der Waals surface area (Å²) in [6.07, 6.45) is 6.14. The molecular formula is C27H37FN6O3S. The standard InChI is InChI=1S/C27H37FN6O3S/c1-18-14-22-25(30-17-31-26(22)38-18)33-23(27(35)36)10-13-34(16-21(15-28)37-2)12-4-3-7-20-9-8-19-6-5-11-29-24(19)32-20/h8-9,14,17,21,23H,3-7,10-13,15-16H2,1-2H3,(H,29,32)(H,35,36)(H,30,31,33). The van der Waals surface area contributed by atoms with E-state index in [1.165, 1.54) is 19.0 Å². The largest absolute Gasteiger partial charge is 0.480 e. The molecule has 4 rings (SSSR count). The lowest BCUT2D eigenvalue weighted by Gasteiger charge is -2.27. The van der Waals surface area contributed by atoms with E-state index in [1.807, 2.05) is 13.0 Å². The number of anilines is 2. The number of pyridine rings is 1. The minimum Gasteiger partial charge on any atom is -0.480 e. The number of aromatic nitrogens is 3. The molecule has 0 saturated carbocycles. The number of carboxylic acid groups (broad SMARTS) is 1. The average Bonchev–Trinajstić information content (AvgIpc) is 3.32. The SMILES string of the molecule is COC(CF)CN(CCCCc1ccc2c(n1)NCCC2)CCC(Nc1ncnc2sc(C)cc12)C(=O)O. The molecule has 2 atom stereocenters. The van der Waals surface area contributed by atoms with Crippen molar-refractivity contribution in [1.29, 1.82) is 0 Å². The molecule has 4 heterocycles. The molecule has 0 aromatic carbocycles. The van der Waals surface area contributed by atoms with E-state index in [9.17, 15) is 14.3 Å². The lowest BCUT2D eigenvalue weighted by Crippen LogP contribution is -2.39. The van der Waals surface area contributed by atoms with Crippen molar-refractivity contribution in [2.45, 2.75) is 57.6 Å². The Bertz CT molecular complexity index is 1200. The van der Waals surface area contributed by atoms with E-state index in [0.29, 0.717) is 25.3 Å². The van der Waals surface area contributed by atoms with Crippen molar-refractivity contribution >= 4 is 39.2 Å². The van der Waals surface area contributed by atoms with Crippen molar-refractivity contribution in [2.24, 2.45) is 0 Å². The Labute approximate surface area is 226 Å². The number of carbonyl (C=O) groups is 1. The molecule has 0 aliphatic carbocycles. The van der Waals surface area contributed by atoms with Gasteiger partial charge in [-0.05, 0) is 69.7 Å². The molecular weight excluding hydrogens is 507 g/mol. The topological polar surface area (TPSA) is 113 Å². The smallest absolute Gasteiger partial charge is 0.326 e. The lowest BCUT2D eigenvalue weighted by molar-refractivity contribution is -0.138. The van der Waals surface area contributed by atoms with Crippen LogP contribution < -0.4 is 10.6 Å². The number of carboxylic acids is 1. The molecule has 1 aliphatic rings. The highest BCUT2D eigenvalue weighted by atomic mass is 32.1. The van der Waals surface area contributed by atoms with Crippen LogP contribution in [0.5, 0.6) is 0 Å². The van der Waals surface area contributed by atoms with Gasteiger partial charge < -0.3 is 25.4 Å². The van der Waals surface area contributed by atoms with Crippen molar-refractivity contribution in [2.75, 3.05) is 50.6 Å². The molecule has 0 amide bonds.